The van der Waals surface area contributed by atoms with Gasteiger partial charge in [0.1, 0.15) is 0 Å². The SMILES string of the molecule is CCOC(=O)NC1CCN(C(=O)CCCN2C(=O)c3ccc([N+](=O)[O-])cc3C2=O)CC1. The predicted molar refractivity (Wildman–Crippen MR) is 107 cm³/mol. The fraction of sp³-hybridized carbons (Fsp3) is 0.500. The van der Waals surface area contributed by atoms with Crippen molar-refractivity contribution >= 4 is 29.5 Å². The van der Waals surface area contributed by atoms with Gasteiger partial charge in [-0.1, -0.05) is 0 Å². The standard InChI is InChI=1S/C20H24N4O7/c1-2-31-20(28)21-13-7-10-22(11-8-13)17(25)4-3-9-23-18(26)15-6-5-14(24(29)30)12-16(15)19(23)27/h5-6,12-13H,2-4,7-11H2,1H3,(H,21,28). The monoisotopic (exact) mass is 432 g/mol. The minimum absolute atomic E-state index is 0.0155. The first-order valence-corrected chi connectivity index (χ1v) is 10.2. The number of benzene rings is 1. The first-order valence-electron chi connectivity index (χ1n) is 10.2. The maximum atomic E-state index is 12.5. The number of hydrogen-bond donors (Lipinski definition) is 1. The molecule has 1 fully saturated rings. The summed E-state index contributed by atoms with van der Waals surface area (Å²) in [5.41, 5.74) is -0.0995. The van der Waals surface area contributed by atoms with Gasteiger partial charge in [0, 0.05) is 44.2 Å². The van der Waals surface area contributed by atoms with Gasteiger partial charge in [0.15, 0.2) is 0 Å². The number of likely N-dealkylation sites (tertiary alicyclic amines) is 1. The molecule has 0 bridgehead atoms. The van der Waals surface area contributed by atoms with Gasteiger partial charge in [-0.05, 0) is 32.3 Å². The number of nitrogens with zero attached hydrogens (tertiary/aromatic N) is 3. The minimum atomic E-state index is -0.620. The maximum absolute atomic E-state index is 12.5. The number of nitro groups is 1. The molecule has 1 aromatic rings. The van der Waals surface area contributed by atoms with Crippen molar-refractivity contribution in [3.05, 3.63) is 39.4 Å². The van der Waals surface area contributed by atoms with Crippen molar-refractivity contribution in [2.24, 2.45) is 0 Å². The lowest BCUT2D eigenvalue weighted by atomic mass is 10.0. The number of imide groups is 1. The Morgan fingerprint density at radius 2 is 1.87 bits per heavy atom. The number of nitrogens with one attached hydrogen (secondary N) is 1. The van der Waals surface area contributed by atoms with Crippen molar-refractivity contribution in [1.29, 1.82) is 0 Å². The summed E-state index contributed by atoms with van der Waals surface area (Å²) in [6.45, 7) is 3.10. The van der Waals surface area contributed by atoms with Gasteiger partial charge in [0.2, 0.25) is 5.91 Å². The Balaban J connectivity index is 1.46. The van der Waals surface area contributed by atoms with Crippen molar-refractivity contribution < 1.29 is 28.8 Å². The molecule has 0 aliphatic carbocycles. The normalized spacial score (nSPS) is 16.3. The highest BCUT2D eigenvalue weighted by Crippen LogP contribution is 2.27. The van der Waals surface area contributed by atoms with Gasteiger partial charge < -0.3 is 15.0 Å². The van der Waals surface area contributed by atoms with Crippen LogP contribution < -0.4 is 5.32 Å². The maximum Gasteiger partial charge on any atom is 0.407 e. The number of carbonyl (C=O) groups is 4. The van der Waals surface area contributed by atoms with Crippen LogP contribution in [0.4, 0.5) is 10.5 Å². The molecule has 2 aliphatic rings. The topological polar surface area (TPSA) is 139 Å². The van der Waals surface area contributed by atoms with Crippen LogP contribution in [0.15, 0.2) is 18.2 Å². The number of non-ortho nitro benzene ring substituents is 1. The van der Waals surface area contributed by atoms with Crippen molar-refractivity contribution in [3.8, 4) is 0 Å². The van der Waals surface area contributed by atoms with E-state index in [9.17, 15) is 29.3 Å². The lowest BCUT2D eigenvalue weighted by molar-refractivity contribution is -0.384. The van der Waals surface area contributed by atoms with E-state index in [0.717, 1.165) is 11.0 Å². The lowest BCUT2D eigenvalue weighted by Gasteiger charge is -2.32. The van der Waals surface area contributed by atoms with E-state index in [1.165, 1.54) is 12.1 Å². The summed E-state index contributed by atoms with van der Waals surface area (Å²) in [6.07, 6.45) is 1.26. The molecule has 1 aromatic carbocycles. The zero-order chi connectivity index (χ0) is 22.5. The number of nitro benzene ring substituents is 1. The van der Waals surface area contributed by atoms with E-state index in [1.54, 1.807) is 11.8 Å². The molecule has 3 rings (SSSR count). The minimum Gasteiger partial charge on any atom is -0.450 e. The third kappa shape index (κ3) is 4.98. The van der Waals surface area contributed by atoms with E-state index in [2.05, 4.69) is 5.32 Å². The highest BCUT2D eigenvalue weighted by atomic mass is 16.6. The molecule has 0 unspecified atom stereocenters. The molecule has 0 aromatic heterocycles. The van der Waals surface area contributed by atoms with Gasteiger partial charge in [-0.3, -0.25) is 29.4 Å². The average Bonchev–Trinajstić information content (AvgIpc) is 2.98. The van der Waals surface area contributed by atoms with Crippen molar-refractivity contribution in [2.75, 3.05) is 26.2 Å². The van der Waals surface area contributed by atoms with Crippen molar-refractivity contribution in [2.45, 2.75) is 38.6 Å². The molecule has 0 spiro atoms. The van der Waals surface area contributed by atoms with Gasteiger partial charge in [-0.15, -0.1) is 0 Å². The Morgan fingerprint density at radius 3 is 2.52 bits per heavy atom. The smallest absolute Gasteiger partial charge is 0.407 e. The van der Waals surface area contributed by atoms with E-state index in [-0.39, 0.29) is 41.7 Å². The Hall–Kier alpha value is -3.50. The van der Waals surface area contributed by atoms with Gasteiger partial charge in [0.25, 0.3) is 17.5 Å². The highest BCUT2D eigenvalue weighted by Gasteiger charge is 2.36. The predicted octanol–water partition coefficient (Wildman–Crippen LogP) is 1.71. The summed E-state index contributed by atoms with van der Waals surface area (Å²) in [6, 6.07) is 3.55. The number of ether oxygens (including phenoxy) is 1. The number of alkyl carbamates (subject to hydrolysis) is 1. The van der Waals surface area contributed by atoms with Crippen LogP contribution in [-0.4, -0.2) is 70.8 Å². The Kier molecular flexibility index (Phi) is 6.83. The second-order valence-corrected chi connectivity index (χ2v) is 7.37. The first kappa shape index (κ1) is 22.2. The van der Waals surface area contributed by atoms with Crippen molar-refractivity contribution in [3.63, 3.8) is 0 Å². The molecular weight excluding hydrogens is 408 g/mol. The van der Waals surface area contributed by atoms with Crippen LogP contribution in [0.1, 0.15) is 53.3 Å². The third-order valence-corrected chi connectivity index (χ3v) is 5.38. The quantitative estimate of drug-likeness (QED) is 0.393. The summed E-state index contributed by atoms with van der Waals surface area (Å²) in [5.74, 6) is -1.17. The van der Waals surface area contributed by atoms with Crippen LogP contribution in [-0.2, 0) is 9.53 Å². The number of hydrogen-bond acceptors (Lipinski definition) is 7. The first-order chi connectivity index (χ1) is 14.8. The van der Waals surface area contributed by atoms with Crippen LogP contribution in [0.3, 0.4) is 0 Å². The number of fused-ring (bicyclic) bond motifs is 1. The van der Waals surface area contributed by atoms with Crippen LogP contribution in [0.2, 0.25) is 0 Å². The van der Waals surface area contributed by atoms with Gasteiger partial charge in [0.05, 0.1) is 22.7 Å². The molecule has 2 aliphatic heterocycles. The van der Waals surface area contributed by atoms with Crippen LogP contribution >= 0.6 is 0 Å². The van der Waals surface area contributed by atoms with Gasteiger partial charge in [-0.25, -0.2) is 4.79 Å². The molecule has 0 atom stereocenters. The summed E-state index contributed by atoms with van der Waals surface area (Å²) in [4.78, 5) is 61.8. The fourth-order valence-electron chi connectivity index (χ4n) is 3.75. The van der Waals surface area contributed by atoms with Crippen LogP contribution in [0.25, 0.3) is 0 Å². The summed E-state index contributed by atoms with van der Waals surface area (Å²) < 4.78 is 4.86. The van der Waals surface area contributed by atoms with E-state index in [4.69, 9.17) is 4.74 Å². The molecule has 11 nitrogen and oxygen atoms in total. The molecule has 2 heterocycles. The zero-order valence-electron chi connectivity index (χ0n) is 17.2. The molecular formula is C20H24N4O7. The molecule has 31 heavy (non-hydrogen) atoms. The summed E-state index contributed by atoms with van der Waals surface area (Å²) >= 11 is 0. The van der Waals surface area contributed by atoms with Gasteiger partial charge in [-0.2, -0.15) is 0 Å². The molecule has 166 valence electrons. The van der Waals surface area contributed by atoms with Crippen LogP contribution in [0.5, 0.6) is 0 Å². The van der Waals surface area contributed by atoms with Gasteiger partial charge >= 0.3 is 6.09 Å². The molecule has 0 saturated carbocycles. The molecule has 0 radical (unpaired) electrons. The number of piperidine rings is 1. The molecule has 1 N–H and O–H groups in total. The average molecular weight is 432 g/mol. The molecule has 1 saturated heterocycles. The largest absolute Gasteiger partial charge is 0.450 e. The zero-order valence-corrected chi connectivity index (χ0v) is 17.2. The number of carbonyl (C=O) groups excluding carboxylic acids is 4. The Bertz CT molecular complexity index is 909. The molecule has 4 amide bonds. The third-order valence-electron chi connectivity index (χ3n) is 5.38. The summed E-state index contributed by atoms with van der Waals surface area (Å²) in [5, 5.41) is 13.7. The van der Waals surface area contributed by atoms with E-state index >= 15 is 0 Å². The molecule has 11 heteroatoms. The van der Waals surface area contributed by atoms with E-state index in [0.29, 0.717) is 39.0 Å². The Labute approximate surface area is 178 Å². The second kappa shape index (κ2) is 9.54. The lowest BCUT2D eigenvalue weighted by Crippen LogP contribution is -2.46. The second-order valence-electron chi connectivity index (χ2n) is 7.37. The van der Waals surface area contributed by atoms with Crippen molar-refractivity contribution in [1.82, 2.24) is 15.1 Å². The Morgan fingerprint density at radius 1 is 1.19 bits per heavy atom. The van der Waals surface area contributed by atoms with E-state index < -0.39 is 22.8 Å². The van der Waals surface area contributed by atoms with Crippen LogP contribution in [0, 0.1) is 10.1 Å². The highest BCUT2D eigenvalue weighted by molar-refractivity contribution is 6.21. The van der Waals surface area contributed by atoms with E-state index in [1.807, 2.05) is 0 Å². The fourth-order valence-corrected chi connectivity index (χ4v) is 3.75. The summed E-state index contributed by atoms with van der Waals surface area (Å²) in [7, 11) is 0. The number of rotatable bonds is 7. The number of amides is 4.